The molecule has 1 spiro atoms. The highest BCUT2D eigenvalue weighted by molar-refractivity contribution is 7.90. The normalized spacial score (nSPS) is 25.6. The molecule has 4 N–H and O–H groups in total. The van der Waals surface area contributed by atoms with Gasteiger partial charge in [0.2, 0.25) is 5.88 Å². The van der Waals surface area contributed by atoms with E-state index in [2.05, 4.69) is 62.9 Å². The molecule has 2 aliphatic carbocycles. The van der Waals surface area contributed by atoms with Gasteiger partial charge in [0.05, 0.1) is 39.9 Å². The van der Waals surface area contributed by atoms with Crippen molar-refractivity contribution < 1.29 is 32.7 Å². The molecule has 3 atom stereocenters. The zero-order valence-corrected chi connectivity index (χ0v) is 41.8. The van der Waals surface area contributed by atoms with Crippen LogP contribution in [0.1, 0.15) is 118 Å². The Morgan fingerprint density at radius 2 is 1.76 bits per heavy atom. The maximum absolute atomic E-state index is 14.7. The minimum Gasteiger partial charge on any atom is -0.470 e. The monoisotopic (exact) mass is 986 g/mol. The van der Waals surface area contributed by atoms with E-state index in [1.54, 1.807) is 6.07 Å². The predicted octanol–water partition coefficient (Wildman–Crippen LogP) is 9.20. The van der Waals surface area contributed by atoms with E-state index >= 15 is 0 Å². The van der Waals surface area contributed by atoms with E-state index in [1.165, 1.54) is 48.9 Å². The van der Waals surface area contributed by atoms with E-state index in [-0.39, 0.29) is 34.6 Å². The van der Waals surface area contributed by atoms with Gasteiger partial charge in [-0.15, -0.1) is 0 Å². The molecule has 376 valence electrons. The minimum atomic E-state index is -4.61. The number of anilines is 4. The summed E-state index contributed by atoms with van der Waals surface area (Å²) in [4.78, 5) is 41.2. The highest BCUT2D eigenvalue weighted by atomic mass is 32.2. The number of rotatable bonds is 12. The molecule has 4 aliphatic heterocycles. The molecule has 6 aliphatic rings. The van der Waals surface area contributed by atoms with Gasteiger partial charge >= 0.3 is 0 Å². The molecule has 3 aromatic carbocycles. The summed E-state index contributed by atoms with van der Waals surface area (Å²) in [5.74, 6) is 0.113. The third-order valence-electron chi connectivity index (χ3n) is 16.8. The molecule has 2 aromatic heterocycles. The number of nitro benzene ring substituents is 1. The Morgan fingerprint density at radius 3 is 2.54 bits per heavy atom. The van der Waals surface area contributed by atoms with E-state index in [4.69, 9.17) is 14.5 Å². The first-order valence-electron chi connectivity index (χ1n) is 25.7. The van der Waals surface area contributed by atoms with Gasteiger partial charge in [0, 0.05) is 67.5 Å². The zero-order chi connectivity index (χ0) is 49.2. The van der Waals surface area contributed by atoms with Crippen molar-refractivity contribution in [3.63, 3.8) is 0 Å². The first kappa shape index (κ1) is 47.6. The molecule has 5 aromatic rings. The van der Waals surface area contributed by atoms with Gasteiger partial charge in [0.1, 0.15) is 23.1 Å². The molecule has 3 saturated heterocycles. The number of carbonyl (C=O) groups is 1. The summed E-state index contributed by atoms with van der Waals surface area (Å²) in [6, 6.07) is 23.2. The number of aromatic nitrogens is 2. The third-order valence-corrected chi connectivity index (χ3v) is 18.2. The van der Waals surface area contributed by atoms with Gasteiger partial charge in [-0.25, -0.2) is 13.1 Å². The van der Waals surface area contributed by atoms with Crippen molar-refractivity contribution in [2.24, 2.45) is 17.3 Å². The molecule has 71 heavy (non-hydrogen) atoms. The van der Waals surface area contributed by atoms with Crippen molar-refractivity contribution in [3.8, 4) is 5.88 Å². The van der Waals surface area contributed by atoms with Crippen LogP contribution in [-0.2, 0) is 14.8 Å². The Labute approximate surface area is 415 Å². The molecule has 17 heteroatoms. The number of H-pyrrole nitrogens is 1. The predicted molar refractivity (Wildman–Crippen MR) is 273 cm³/mol. The lowest BCUT2D eigenvalue weighted by atomic mass is 9.59. The summed E-state index contributed by atoms with van der Waals surface area (Å²) in [7, 11) is -4.61. The van der Waals surface area contributed by atoms with Crippen molar-refractivity contribution in [2.45, 2.75) is 120 Å². The molecule has 0 unspecified atom stereocenters. The fourth-order valence-electron chi connectivity index (χ4n) is 12.6. The van der Waals surface area contributed by atoms with Crippen molar-refractivity contribution in [3.05, 3.63) is 106 Å². The van der Waals surface area contributed by atoms with E-state index in [9.17, 15) is 28.4 Å². The maximum Gasteiger partial charge on any atom is 0.293 e. The van der Waals surface area contributed by atoms with Crippen LogP contribution in [-0.4, -0.2) is 103 Å². The molecule has 1 amide bonds. The number of likely N-dealkylation sites (tertiary alicyclic amines) is 1. The standard InChI is InChI=1S/C54H66N8O8S/c1-34(2)41-7-4-5-8-42(41)45-9-6-22-60(45)39-28-54(29-39)19-23-59(24-20-54)38-10-12-43(46(26-38)61-31-37-32-69-33-49(37)70-52-48(61)25-36-16-21-55-50(36)57-52)51(63)58-71(67,68)40-11-13-44(47(27-40)62(65)66)56-30-35-14-17-53(3,64)18-15-35/h4-5,7-8,10-13,16,21,25-27,34-35,37,39,45,49,56,64H,6,9,14-15,17-20,22-24,28-33H2,1-3H3,(H,55,57)(H,58,63)/t35?,37-,45+,49-,53?/m1/s1. The first-order chi connectivity index (χ1) is 34.1. The van der Waals surface area contributed by atoms with Gasteiger partial charge in [0.15, 0.2) is 0 Å². The lowest BCUT2D eigenvalue weighted by molar-refractivity contribution is -0.384. The lowest BCUT2D eigenvalue weighted by Gasteiger charge is -2.56. The van der Waals surface area contributed by atoms with Crippen LogP contribution in [0.4, 0.5) is 28.4 Å². The Kier molecular flexibility index (Phi) is 12.5. The summed E-state index contributed by atoms with van der Waals surface area (Å²) in [5, 5.41) is 26.7. The van der Waals surface area contributed by atoms with Gasteiger partial charge in [-0.1, -0.05) is 38.1 Å². The number of nitrogens with one attached hydrogen (secondary N) is 3. The molecule has 0 radical (unpaired) electrons. The van der Waals surface area contributed by atoms with E-state index in [0.717, 1.165) is 62.5 Å². The number of aromatic amines is 1. The number of amides is 1. The second kappa shape index (κ2) is 18.7. The average molecular weight is 987 g/mol. The number of nitrogens with zero attached hydrogens (tertiary/aromatic N) is 5. The zero-order valence-electron chi connectivity index (χ0n) is 40.9. The fraction of sp³-hybridized carbons (Fsp3) is 0.519. The van der Waals surface area contributed by atoms with E-state index < -0.39 is 37.0 Å². The number of piperidine rings is 1. The maximum atomic E-state index is 14.7. The van der Waals surface area contributed by atoms with Crippen LogP contribution in [0.5, 0.6) is 5.88 Å². The molecular weight excluding hydrogens is 921 g/mol. The van der Waals surface area contributed by atoms with Crippen molar-refractivity contribution in [1.29, 1.82) is 0 Å². The molecule has 11 rings (SSSR count). The van der Waals surface area contributed by atoms with Crippen LogP contribution in [0.2, 0.25) is 0 Å². The Bertz CT molecular complexity index is 2930. The number of ether oxygens (including phenoxy) is 2. The molecule has 0 bridgehead atoms. The van der Waals surface area contributed by atoms with Crippen LogP contribution in [0.15, 0.2) is 83.9 Å². The summed E-state index contributed by atoms with van der Waals surface area (Å²) >= 11 is 0. The van der Waals surface area contributed by atoms with Crippen LogP contribution < -0.4 is 24.6 Å². The van der Waals surface area contributed by atoms with Crippen molar-refractivity contribution in [1.82, 2.24) is 19.6 Å². The number of nitro groups is 1. The second-order valence-corrected chi connectivity index (χ2v) is 23.6. The van der Waals surface area contributed by atoms with Crippen molar-refractivity contribution in [2.75, 3.05) is 61.1 Å². The largest absolute Gasteiger partial charge is 0.470 e. The van der Waals surface area contributed by atoms with Crippen molar-refractivity contribution >= 4 is 55.4 Å². The highest BCUT2D eigenvalue weighted by Gasteiger charge is 2.50. The van der Waals surface area contributed by atoms with Crippen LogP contribution in [0.3, 0.4) is 0 Å². The number of hydrogen-bond acceptors (Lipinski definition) is 13. The molecule has 6 heterocycles. The fourth-order valence-corrected chi connectivity index (χ4v) is 13.6. The number of carbonyl (C=O) groups excluding carboxylic acids is 1. The number of benzene rings is 3. The summed E-state index contributed by atoms with van der Waals surface area (Å²) in [5.41, 5.74) is 5.13. The Morgan fingerprint density at radius 1 is 0.972 bits per heavy atom. The van der Waals surface area contributed by atoms with Crippen LogP contribution >= 0.6 is 0 Å². The Hall–Kier alpha value is -5.75. The van der Waals surface area contributed by atoms with Crippen LogP contribution in [0, 0.1) is 27.4 Å². The van der Waals surface area contributed by atoms with Gasteiger partial charge in [-0.05, 0) is 149 Å². The lowest BCUT2D eigenvalue weighted by Crippen LogP contribution is -2.55. The average Bonchev–Trinajstić information content (AvgIpc) is 4.12. The first-order valence-corrected chi connectivity index (χ1v) is 27.2. The summed E-state index contributed by atoms with van der Waals surface area (Å²) < 4.78 is 43.0. The Balaban J connectivity index is 0.859. The van der Waals surface area contributed by atoms with Gasteiger partial charge in [0.25, 0.3) is 21.6 Å². The number of fused-ring (bicyclic) bond motifs is 3. The smallest absolute Gasteiger partial charge is 0.293 e. The summed E-state index contributed by atoms with van der Waals surface area (Å²) in [6.07, 6.45) is 11.3. The van der Waals surface area contributed by atoms with E-state index in [0.29, 0.717) is 80.0 Å². The van der Waals surface area contributed by atoms with Crippen LogP contribution in [0.25, 0.3) is 11.0 Å². The van der Waals surface area contributed by atoms with Gasteiger partial charge < -0.3 is 34.7 Å². The molecule has 16 nitrogen and oxygen atoms in total. The van der Waals surface area contributed by atoms with E-state index in [1.807, 2.05) is 42.3 Å². The quantitative estimate of drug-likeness (QED) is 0.0683. The minimum absolute atomic E-state index is 0.0815. The number of sulfonamides is 1. The number of pyridine rings is 1. The third kappa shape index (κ3) is 9.34. The molecule has 2 saturated carbocycles. The topological polar surface area (TPSA) is 195 Å². The second-order valence-electron chi connectivity index (χ2n) is 21.9. The molecular formula is C54H66N8O8S. The number of hydrogen-bond donors (Lipinski definition) is 4. The van der Waals surface area contributed by atoms with Gasteiger partial charge in [-0.2, -0.15) is 4.98 Å². The van der Waals surface area contributed by atoms with Gasteiger partial charge in [-0.3, -0.25) is 19.8 Å². The SMILES string of the molecule is CC(C)c1ccccc1[C@@H]1CCCN1C1CC2(CCN(c3ccc(C(=O)NS(=O)(=O)c4ccc(NCC5CCC(C)(O)CC5)c([N+](=O)[O-])c4)c(N4C[C@@H]5COC[C@H]5Oc5nc6[nH]ccc6cc54)c3)CC2)C1. The molecule has 5 fully saturated rings. The highest BCUT2D eigenvalue weighted by Crippen LogP contribution is 2.55. The summed E-state index contributed by atoms with van der Waals surface area (Å²) in [6.45, 7) is 10.9. The number of aliphatic hydroxyl groups is 1.